The molecule has 2 saturated heterocycles. The van der Waals surface area contributed by atoms with Gasteiger partial charge in [0.2, 0.25) is 0 Å². The van der Waals surface area contributed by atoms with Gasteiger partial charge in [0.25, 0.3) is 0 Å². The Balaban J connectivity index is 1.37. The molecular formula is C24H31FN2O2. The lowest BCUT2D eigenvalue weighted by atomic mass is 9.95. The second-order valence-corrected chi connectivity index (χ2v) is 8.10. The van der Waals surface area contributed by atoms with Crippen molar-refractivity contribution in [2.45, 2.75) is 39.2 Å². The third-order valence-corrected chi connectivity index (χ3v) is 5.99. The first kappa shape index (κ1) is 19.9. The summed E-state index contributed by atoms with van der Waals surface area (Å²) in [5, 5.41) is 0. The van der Waals surface area contributed by atoms with E-state index in [-0.39, 0.29) is 11.9 Å². The third kappa shape index (κ3) is 4.60. The molecular weight excluding hydrogens is 367 g/mol. The lowest BCUT2D eigenvalue weighted by Gasteiger charge is -2.38. The third-order valence-electron chi connectivity index (χ3n) is 5.99. The van der Waals surface area contributed by atoms with E-state index in [1.165, 1.54) is 24.6 Å². The Bertz CT molecular complexity index is 805. The van der Waals surface area contributed by atoms with E-state index in [4.69, 9.17) is 9.47 Å². The minimum atomic E-state index is -0.197. The summed E-state index contributed by atoms with van der Waals surface area (Å²) in [5.74, 6) is 1.74. The second-order valence-electron chi connectivity index (χ2n) is 8.10. The van der Waals surface area contributed by atoms with Crippen LogP contribution in [-0.2, 0) is 0 Å². The molecule has 2 aliphatic heterocycles. The molecule has 29 heavy (non-hydrogen) atoms. The fraction of sp³-hybridized carbons (Fsp3) is 0.500. The lowest BCUT2D eigenvalue weighted by Crippen LogP contribution is -2.44. The van der Waals surface area contributed by atoms with Crippen molar-refractivity contribution in [3.63, 3.8) is 0 Å². The zero-order valence-electron chi connectivity index (χ0n) is 17.4. The molecule has 2 unspecified atom stereocenters. The monoisotopic (exact) mass is 398 g/mol. The zero-order valence-corrected chi connectivity index (χ0v) is 17.4. The van der Waals surface area contributed by atoms with Gasteiger partial charge < -0.3 is 19.3 Å². The first-order chi connectivity index (χ1) is 14.1. The van der Waals surface area contributed by atoms with Gasteiger partial charge in [0.1, 0.15) is 23.4 Å². The van der Waals surface area contributed by atoms with Crippen LogP contribution in [-0.4, -0.2) is 38.9 Å². The SMILES string of the molecule is CCOc1ccc(F)c(N2CCC(Oc3ccc(N4CCCC4)cc3)C(C)C2)c1. The van der Waals surface area contributed by atoms with Gasteiger partial charge in [0.15, 0.2) is 0 Å². The molecule has 2 fully saturated rings. The number of hydrogen-bond acceptors (Lipinski definition) is 4. The summed E-state index contributed by atoms with van der Waals surface area (Å²) < 4.78 is 26.2. The highest BCUT2D eigenvalue weighted by atomic mass is 19.1. The Kier molecular flexibility index (Phi) is 6.12. The van der Waals surface area contributed by atoms with Crippen LogP contribution in [0.1, 0.15) is 33.1 Å². The molecule has 0 saturated carbocycles. The summed E-state index contributed by atoms with van der Waals surface area (Å²) in [6.45, 7) is 8.53. The molecule has 0 N–H and O–H groups in total. The van der Waals surface area contributed by atoms with Crippen molar-refractivity contribution in [2.75, 3.05) is 42.6 Å². The topological polar surface area (TPSA) is 24.9 Å². The number of halogens is 1. The summed E-state index contributed by atoms with van der Waals surface area (Å²) in [7, 11) is 0. The van der Waals surface area contributed by atoms with Gasteiger partial charge in [-0.1, -0.05) is 6.92 Å². The maximum atomic E-state index is 14.4. The number of piperidine rings is 1. The molecule has 2 aromatic rings. The predicted octanol–water partition coefficient (Wildman–Crippen LogP) is 5.12. The van der Waals surface area contributed by atoms with Gasteiger partial charge in [-0.3, -0.25) is 0 Å². The quantitative estimate of drug-likeness (QED) is 0.674. The van der Waals surface area contributed by atoms with Crippen molar-refractivity contribution >= 4 is 11.4 Å². The summed E-state index contributed by atoms with van der Waals surface area (Å²) in [6.07, 6.45) is 3.57. The molecule has 0 radical (unpaired) electrons. The molecule has 0 spiro atoms. The molecule has 2 aliphatic rings. The number of anilines is 2. The molecule has 0 bridgehead atoms. The Morgan fingerprint density at radius 1 is 0.966 bits per heavy atom. The predicted molar refractivity (Wildman–Crippen MR) is 116 cm³/mol. The van der Waals surface area contributed by atoms with Gasteiger partial charge in [-0.15, -0.1) is 0 Å². The average molecular weight is 399 g/mol. The largest absolute Gasteiger partial charge is 0.494 e. The van der Waals surface area contributed by atoms with E-state index in [9.17, 15) is 4.39 Å². The molecule has 0 amide bonds. The van der Waals surface area contributed by atoms with Crippen molar-refractivity contribution in [2.24, 2.45) is 5.92 Å². The highest BCUT2D eigenvalue weighted by molar-refractivity contribution is 5.53. The first-order valence-electron chi connectivity index (χ1n) is 10.8. The van der Waals surface area contributed by atoms with Crippen molar-refractivity contribution in [1.29, 1.82) is 0 Å². The number of nitrogens with zero attached hydrogens (tertiary/aromatic N) is 2. The molecule has 2 aromatic carbocycles. The van der Waals surface area contributed by atoms with Gasteiger partial charge in [-0.05, 0) is 56.2 Å². The normalized spacial score (nSPS) is 22.0. The van der Waals surface area contributed by atoms with E-state index in [1.54, 1.807) is 6.07 Å². The van der Waals surface area contributed by atoms with Gasteiger partial charge in [-0.2, -0.15) is 0 Å². The maximum Gasteiger partial charge on any atom is 0.146 e. The summed E-state index contributed by atoms with van der Waals surface area (Å²) in [4.78, 5) is 4.54. The fourth-order valence-electron chi connectivity index (χ4n) is 4.39. The standard InChI is InChI=1S/C24H31FN2O2/c1-3-28-21-10-11-22(25)23(16-21)27-15-12-24(18(2)17-27)29-20-8-6-19(7-9-20)26-13-4-5-14-26/h6-11,16,18,24H,3-5,12-15,17H2,1-2H3. The highest BCUT2D eigenvalue weighted by Crippen LogP contribution is 2.31. The van der Waals surface area contributed by atoms with Crippen LogP contribution in [0.4, 0.5) is 15.8 Å². The van der Waals surface area contributed by atoms with Crippen molar-refractivity contribution in [3.05, 3.63) is 48.3 Å². The van der Waals surface area contributed by atoms with Crippen LogP contribution in [0.5, 0.6) is 11.5 Å². The van der Waals surface area contributed by atoms with Crippen molar-refractivity contribution in [3.8, 4) is 11.5 Å². The summed E-state index contributed by atoms with van der Waals surface area (Å²) >= 11 is 0. The van der Waals surface area contributed by atoms with Gasteiger partial charge in [0, 0.05) is 50.3 Å². The lowest BCUT2D eigenvalue weighted by molar-refractivity contribution is 0.121. The van der Waals surface area contributed by atoms with Crippen LogP contribution in [0.25, 0.3) is 0 Å². The van der Waals surface area contributed by atoms with E-state index in [1.807, 2.05) is 13.0 Å². The maximum absolute atomic E-state index is 14.4. The van der Waals surface area contributed by atoms with Crippen LogP contribution in [0, 0.1) is 11.7 Å². The Morgan fingerprint density at radius 2 is 1.69 bits per heavy atom. The molecule has 4 rings (SSSR count). The summed E-state index contributed by atoms with van der Waals surface area (Å²) in [6, 6.07) is 13.5. The molecule has 156 valence electrons. The molecule has 2 heterocycles. The minimum Gasteiger partial charge on any atom is -0.494 e. The van der Waals surface area contributed by atoms with Crippen LogP contribution in [0.2, 0.25) is 0 Å². The van der Waals surface area contributed by atoms with Gasteiger partial charge in [-0.25, -0.2) is 4.39 Å². The second kappa shape index (κ2) is 8.93. The summed E-state index contributed by atoms with van der Waals surface area (Å²) in [5.41, 5.74) is 1.90. The molecule has 2 atom stereocenters. The molecule has 0 aliphatic carbocycles. The Morgan fingerprint density at radius 3 is 2.38 bits per heavy atom. The smallest absolute Gasteiger partial charge is 0.146 e. The Hall–Kier alpha value is -2.43. The number of rotatable bonds is 6. The van der Waals surface area contributed by atoms with E-state index >= 15 is 0 Å². The van der Waals surface area contributed by atoms with Crippen LogP contribution in [0.3, 0.4) is 0 Å². The average Bonchev–Trinajstić information content (AvgIpc) is 3.27. The van der Waals surface area contributed by atoms with Crippen molar-refractivity contribution < 1.29 is 13.9 Å². The Labute approximate surface area is 173 Å². The molecule has 0 aromatic heterocycles. The number of ether oxygens (including phenoxy) is 2. The van der Waals surface area contributed by atoms with Crippen LogP contribution >= 0.6 is 0 Å². The minimum absolute atomic E-state index is 0.141. The number of hydrogen-bond donors (Lipinski definition) is 0. The molecule has 5 heteroatoms. The van der Waals surface area contributed by atoms with Crippen LogP contribution in [0.15, 0.2) is 42.5 Å². The van der Waals surface area contributed by atoms with Crippen molar-refractivity contribution in [1.82, 2.24) is 0 Å². The molecule has 4 nitrogen and oxygen atoms in total. The van der Waals surface area contributed by atoms with E-state index in [2.05, 4.69) is 41.0 Å². The van der Waals surface area contributed by atoms with Crippen LogP contribution < -0.4 is 19.3 Å². The van der Waals surface area contributed by atoms with E-state index in [0.29, 0.717) is 24.0 Å². The van der Waals surface area contributed by atoms with E-state index < -0.39 is 0 Å². The first-order valence-corrected chi connectivity index (χ1v) is 10.8. The fourth-order valence-corrected chi connectivity index (χ4v) is 4.39. The highest BCUT2D eigenvalue weighted by Gasteiger charge is 2.29. The van der Waals surface area contributed by atoms with Gasteiger partial charge in [0.05, 0.1) is 12.3 Å². The van der Waals surface area contributed by atoms with Gasteiger partial charge >= 0.3 is 0 Å². The van der Waals surface area contributed by atoms with E-state index in [0.717, 1.165) is 38.3 Å². The number of benzene rings is 2. The zero-order chi connectivity index (χ0) is 20.2.